The molecule has 1 amide bonds. The Morgan fingerprint density at radius 1 is 1.06 bits per heavy atom. The number of hydrogen-bond acceptors (Lipinski definition) is 6. The van der Waals surface area contributed by atoms with E-state index < -0.39 is 10.8 Å². The highest BCUT2D eigenvalue weighted by atomic mass is 32.2. The van der Waals surface area contributed by atoms with E-state index in [0.29, 0.717) is 16.5 Å². The van der Waals surface area contributed by atoms with Gasteiger partial charge in [-0.1, -0.05) is 59.8 Å². The first kappa shape index (κ1) is 21.3. The average molecular weight is 446 g/mol. The van der Waals surface area contributed by atoms with Gasteiger partial charge in [0, 0.05) is 34.2 Å². The van der Waals surface area contributed by atoms with Crippen LogP contribution in [0.2, 0.25) is 0 Å². The maximum Gasteiger partial charge on any atom is 0.274 e. The van der Waals surface area contributed by atoms with Crippen molar-refractivity contribution in [2.45, 2.75) is 17.8 Å². The zero-order chi connectivity index (χ0) is 22.7. The van der Waals surface area contributed by atoms with Gasteiger partial charge in [-0.05, 0) is 31.2 Å². The Labute approximate surface area is 188 Å². The number of nitro groups is 1. The first-order valence-corrected chi connectivity index (χ1v) is 10.7. The van der Waals surface area contributed by atoms with Crippen molar-refractivity contribution in [3.63, 3.8) is 0 Å². The van der Waals surface area contributed by atoms with Crippen molar-refractivity contribution in [2.24, 2.45) is 5.73 Å². The Morgan fingerprint density at radius 2 is 1.84 bits per heavy atom. The molecule has 3 aromatic carbocycles. The molecule has 8 nitrogen and oxygen atoms in total. The van der Waals surface area contributed by atoms with Crippen LogP contribution in [0.1, 0.15) is 21.5 Å². The van der Waals surface area contributed by atoms with Crippen LogP contribution in [-0.2, 0) is 5.75 Å². The number of primary amides is 1. The topological polar surface area (TPSA) is 117 Å². The molecule has 160 valence electrons. The molecule has 0 bridgehead atoms. The summed E-state index contributed by atoms with van der Waals surface area (Å²) in [6.45, 7) is 2.01. The molecule has 32 heavy (non-hydrogen) atoms. The van der Waals surface area contributed by atoms with Gasteiger partial charge in [-0.25, -0.2) is 0 Å². The van der Waals surface area contributed by atoms with E-state index in [0.717, 1.165) is 16.8 Å². The summed E-state index contributed by atoms with van der Waals surface area (Å²) in [7, 11) is 0. The molecule has 0 spiro atoms. The van der Waals surface area contributed by atoms with Crippen LogP contribution in [0.25, 0.3) is 17.1 Å². The molecular formula is C23H19N5O3S. The van der Waals surface area contributed by atoms with Crippen molar-refractivity contribution >= 4 is 23.4 Å². The number of carbonyl (C=O) groups is 1. The van der Waals surface area contributed by atoms with E-state index in [4.69, 9.17) is 5.73 Å². The SMILES string of the molecule is Cc1cccc(-c2nnc(SCc3ccc(C(N)=O)cc3[N+](=O)[O-])n2-c2ccccc2)c1. The molecule has 9 heteroatoms. The maximum atomic E-state index is 11.5. The summed E-state index contributed by atoms with van der Waals surface area (Å²) < 4.78 is 1.93. The van der Waals surface area contributed by atoms with Crippen molar-refractivity contribution in [1.82, 2.24) is 14.8 Å². The minimum Gasteiger partial charge on any atom is -0.366 e. The maximum absolute atomic E-state index is 11.5. The summed E-state index contributed by atoms with van der Waals surface area (Å²) in [5.41, 5.74) is 8.57. The fourth-order valence-corrected chi connectivity index (χ4v) is 4.24. The number of hydrogen-bond donors (Lipinski definition) is 1. The van der Waals surface area contributed by atoms with Gasteiger partial charge in [0.2, 0.25) is 5.91 Å². The number of aromatic nitrogens is 3. The Balaban J connectivity index is 1.73. The van der Waals surface area contributed by atoms with Crippen molar-refractivity contribution in [1.29, 1.82) is 0 Å². The third-order valence-corrected chi connectivity index (χ3v) is 5.83. The fourth-order valence-electron chi connectivity index (χ4n) is 3.30. The molecule has 0 fully saturated rings. The predicted octanol–water partition coefficient (Wildman–Crippen LogP) is 4.54. The molecule has 0 unspecified atom stereocenters. The largest absolute Gasteiger partial charge is 0.366 e. The molecule has 0 saturated carbocycles. The Morgan fingerprint density at radius 3 is 2.53 bits per heavy atom. The summed E-state index contributed by atoms with van der Waals surface area (Å²) >= 11 is 1.33. The highest BCUT2D eigenvalue weighted by molar-refractivity contribution is 7.98. The van der Waals surface area contributed by atoms with Crippen LogP contribution in [0, 0.1) is 17.0 Å². The van der Waals surface area contributed by atoms with Gasteiger partial charge in [-0.15, -0.1) is 10.2 Å². The minimum atomic E-state index is -0.709. The Hall–Kier alpha value is -3.98. The van der Waals surface area contributed by atoms with Crippen LogP contribution in [0.5, 0.6) is 0 Å². The summed E-state index contributed by atoms with van der Waals surface area (Å²) in [6.07, 6.45) is 0. The van der Waals surface area contributed by atoms with Gasteiger partial charge >= 0.3 is 0 Å². The lowest BCUT2D eigenvalue weighted by Crippen LogP contribution is -2.11. The van der Waals surface area contributed by atoms with Gasteiger partial charge in [-0.3, -0.25) is 19.5 Å². The Bertz CT molecular complexity index is 1300. The van der Waals surface area contributed by atoms with Gasteiger partial charge in [0.15, 0.2) is 11.0 Å². The van der Waals surface area contributed by atoms with Crippen LogP contribution < -0.4 is 5.73 Å². The van der Waals surface area contributed by atoms with Crippen LogP contribution in [0.4, 0.5) is 5.69 Å². The highest BCUT2D eigenvalue weighted by Crippen LogP contribution is 2.32. The first-order valence-electron chi connectivity index (χ1n) is 9.72. The van der Waals surface area contributed by atoms with E-state index in [1.807, 2.05) is 66.1 Å². The fraction of sp³-hybridized carbons (Fsp3) is 0.0870. The molecule has 0 saturated heterocycles. The molecule has 4 aromatic rings. The number of nitro benzene ring substituents is 1. The average Bonchev–Trinajstić information content (AvgIpc) is 3.22. The summed E-state index contributed by atoms with van der Waals surface area (Å²) in [4.78, 5) is 22.4. The zero-order valence-corrected chi connectivity index (χ0v) is 18.0. The number of rotatable bonds is 7. The molecule has 0 atom stereocenters. The molecular weight excluding hydrogens is 426 g/mol. The van der Waals surface area contributed by atoms with Crippen LogP contribution >= 0.6 is 11.8 Å². The normalized spacial score (nSPS) is 10.8. The predicted molar refractivity (Wildman–Crippen MR) is 123 cm³/mol. The number of carbonyl (C=O) groups excluding carboxylic acids is 1. The third-order valence-electron chi connectivity index (χ3n) is 4.85. The smallest absolute Gasteiger partial charge is 0.274 e. The van der Waals surface area contributed by atoms with E-state index in [2.05, 4.69) is 10.2 Å². The molecule has 1 aromatic heterocycles. The molecule has 0 aliphatic heterocycles. The third kappa shape index (κ3) is 4.37. The zero-order valence-electron chi connectivity index (χ0n) is 17.1. The van der Waals surface area contributed by atoms with Gasteiger partial charge in [0.25, 0.3) is 5.69 Å². The number of thioether (sulfide) groups is 1. The van der Waals surface area contributed by atoms with E-state index in [-0.39, 0.29) is 17.0 Å². The summed E-state index contributed by atoms with van der Waals surface area (Å²) in [5, 5.41) is 20.9. The second-order valence-corrected chi connectivity index (χ2v) is 8.04. The molecule has 4 rings (SSSR count). The number of aryl methyl sites for hydroxylation is 1. The quantitative estimate of drug-likeness (QED) is 0.253. The van der Waals surface area contributed by atoms with Crippen molar-refractivity contribution in [3.05, 3.63) is 99.6 Å². The minimum absolute atomic E-state index is 0.0969. The van der Waals surface area contributed by atoms with Gasteiger partial charge in [-0.2, -0.15) is 0 Å². The lowest BCUT2D eigenvalue weighted by molar-refractivity contribution is -0.385. The van der Waals surface area contributed by atoms with Gasteiger partial charge in [0.1, 0.15) is 0 Å². The second-order valence-electron chi connectivity index (χ2n) is 7.10. The standard InChI is InChI=1S/C23H19N5O3S/c1-15-6-5-7-17(12-15)22-25-26-23(27(22)19-8-3-2-4-9-19)32-14-18-11-10-16(21(24)29)13-20(18)28(30)31/h2-13H,14H2,1H3,(H2,24,29). The van der Waals surface area contributed by atoms with E-state index >= 15 is 0 Å². The van der Waals surface area contributed by atoms with Crippen molar-refractivity contribution < 1.29 is 9.72 Å². The van der Waals surface area contributed by atoms with E-state index in [9.17, 15) is 14.9 Å². The lowest BCUT2D eigenvalue weighted by atomic mass is 10.1. The molecule has 0 aliphatic carbocycles. The molecule has 2 N–H and O–H groups in total. The van der Waals surface area contributed by atoms with Crippen LogP contribution in [-0.4, -0.2) is 25.6 Å². The van der Waals surface area contributed by atoms with Crippen LogP contribution in [0.15, 0.2) is 78.0 Å². The van der Waals surface area contributed by atoms with E-state index in [1.165, 1.54) is 23.9 Å². The van der Waals surface area contributed by atoms with Crippen molar-refractivity contribution in [3.8, 4) is 17.1 Å². The Kier molecular flexibility index (Phi) is 6.00. The number of benzene rings is 3. The second kappa shape index (κ2) is 9.03. The number of amides is 1. The molecule has 0 radical (unpaired) electrons. The monoisotopic (exact) mass is 445 g/mol. The van der Waals surface area contributed by atoms with Gasteiger partial charge < -0.3 is 5.73 Å². The van der Waals surface area contributed by atoms with Crippen LogP contribution in [0.3, 0.4) is 0 Å². The number of para-hydroxylation sites is 1. The number of nitrogens with zero attached hydrogens (tertiary/aromatic N) is 4. The highest BCUT2D eigenvalue weighted by Gasteiger charge is 2.20. The molecule has 0 aliphatic rings. The van der Waals surface area contributed by atoms with Crippen molar-refractivity contribution in [2.75, 3.05) is 0 Å². The van der Waals surface area contributed by atoms with Gasteiger partial charge in [0.05, 0.1) is 4.92 Å². The van der Waals surface area contributed by atoms with E-state index in [1.54, 1.807) is 6.07 Å². The summed E-state index contributed by atoms with van der Waals surface area (Å²) in [6, 6.07) is 21.9. The first-order chi connectivity index (χ1) is 15.4. The number of nitrogens with two attached hydrogens (primary N) is 1. The lowest BCUT2D eigenvalue weighted by Gasteiger charge is -2.11. The summed E-state index contributed by atoms with van der Waals surface area (Å²) in [5.74, 6) is 0.244. The molecule has 1 heterocycles.